The predicted octanol–water partition coefficient (Wildman–Crippen LogP) is 2.11. The predicted molar refractivity (Wildman–Crippen MR) is 80.5 cm³/mol. The molecular weight excluding hydrogens is 280 g/mol. The number of aryl methyl sites for hydroxylation is 1. The van der Waals surface area contributed by atoms with Crippen molar-refractivity contribution in [3.05, 3.63) is 29.7 Å². The Labute approximate surface area is 128 Å². The first-order valence-corrected chi connectivity index (χ1v) is 7.88. The van der Waals surface area contributed by atoms with Gasteiger partial charge < -0.3 is 10.1 Å². The molecule has 0 spiro atoms. The van der Waals surface area contributed by atoms with Crippen molar-refractivity contribution in [2.45, 2.75) is 50.7 Å². The highest BCUT2D eigenvalue weighted by Gasteiger charge is 2.29. The number of anilines is 1. The Morgan fingerprint density at radius 1 is 1.27 bits per heavy atom. The quantitative estimate of drug-likeness (QED) is 0.879. The maximum atomic E-state index is 6.01. The molecule has 2 atom stereocenters. The van der Waals surface area contributed by atoms with Gasteiger partial charge in [-0.1, -0.05) is 0 Å². The van der Waals surface area contributed by atoms with E-state index in [9.17, 15) is 0 Å². The summed E-state index contributed by atoms with van der Waals surface area (Å²) < 4.78 is 6.01. The molecule has 7 nitrogen and oxygen atoms in total. The maximum absolute atomic E-state index is 6.01. The van der Waals surface area contributed by atoms with E-state index < -0.39 is 0 Å². The minimum Gasteiger partial charge on any atom is -0.367 e. The Balaban J connectivity index is 1.35. The molecule has 7 heteroatoms. The van der Waals surface area contributed by atoms with Crippen LogP contribution in [0.15, 0.2) is 12.4 Å². The lowest BCUT2D eigenvalue weighted by Crippen LogP contribution is -2.20. The fourth-order valence-electron chi connectivity index (χ4n) is 2.85. The van der Waals surface area contributed by atoms with E-state index in [1.54, 1.807) is 0 Å². The van der Waals surface area contributed by atoms with Gasteiger partial charge in [0.05, 0.1) is 6.10 Å². The van der Waals surface area contributed by atoms with E-state index in [0.717, 1.165) is 42.5 Å². The van der Waals surface area contributed by atoms with Crippen LogP contribution in [0.5, 0.6) is 0 Å². The lowest BCUT2D eigenvalue weighted by molar-refractivity contribution is 0.0472. The average molecular weight is 300 g/mol. The second-order valence-corrected chi connectivity index (χ2v) is 6.10. The molecule has 4 rings (SSSR count). The van der Waals surface area contributed by atoms with Crippen LogP contribution in [0.4, 0.5) is 5.82 Å². The summed E-state index contributed by atoms with van der Waals surface area (Å²) in [5.74, 6) is 3.27. The highest BCUT2D eigenvalue weighted by molar-refractivity contribution is 5.37. The van der Waals surface area contributed by atoms with Crippen LogP contribution in [-0.2, 0) is 4.74 Å². The van der Waals surface area contributed by atoms with Gasteiger partial charge in [-0.25, -0.2) is 15.0 Å². The Bertz CT molecular complexity index is 639. The summed E-state index contributed by atoms with van der Waals surface area (Å²) in [5, 5.41) is 10.2. The second-order valence-electron chi connectivity index (χ2n) is 6.10. The largest absolute Gasteiger partial charge is 0.367 e. The first-order chi connectivity index (χ1) is 10.8. The highest BCUT2D eigenvalue weighted by atomic mass is 16.5. The number of hydrogen-bond donors (Lipinski definition) is 2. The van der Waals surface area contributed by atoms with Crippen LogP contribution in [-0.4, -0.2) is 37.8 Å². The number of hydrogen-bond acceptors (Lipinski definition) is 6. The molecule has 3 heterocycles. The Morgan fingerprint density at radius 2 is 2.18 bits per heavy atom. The van der Waals surface area contributed by atoms with Crippen LogP contribution in [0.25, 0.3) is 0 Å². The van der Waals surface area contributed by atoms with Gasteiger partial charge in [0.15, 0.2) is 5.82 Å². The maximum Gasteiger partial charge on any atom is 0.153 e. The molecule has 0 unspecified atom stereocenters. The minimum atomic E-state index is 0.0310. The summed E-state index contributed by atoms with van der Waals surface area (Å²) in [5.41, 5.74) is 1.02. The van der Waals surface area contributed by atoms with E-state index in [0.29, 0.717) is 5.92 Å². The lowest BCUT2D eigenvalue weighted by Gasteiger charge is -2.14. The number of H-pyrrole nitrogens is 1. The van der Waals surface area contributed by atoms with Gasteiger partial charge in [-0.3, -0.25) is 5.10 Å². The fourth-order valence-corrected chi connectivity index (χ4v) is 2.85. The fraction of sp³-hybridized carbons (Fsp3) is 0.600. The van der Waals surface area contributed by atoms with Gasteiger partial charge >= 0.3 is 0 Å². The van der Waals surface area contributed by atoms with Crippen molar-refractivity contribution >= 4 is 5.82 Å². The smallest absolute Gasteiger partial charge is 0.153 e. The first kappa shape index (κ1) is 13.6. The number of aromatic amines is 1. The van der Waals surface area contributed by atoms with Crippen LogP contribution >= 0.6 is 0 Å². The number of nitrogens with one attached hydrogen (secondary N) is 2. The zero-order valence-electron chi connectivity index (χ0n) is 12.6. The van der Waals surface area contributed by atoms with Crippen LogP contribution in [0.2, 0.25) is 0 Å². The van der Waals surface area contributed by atoms with Gasteiger partial charge in [-0.15, -0.1) is 0 Å². The summed E-state index contributed by atoms with van der Waals surface area (Å²) in [7, 11) is 0. The molecule has 1 aliphatic carbocycles. The number of aromatic nitrogens is 5. The summed E-state index contributed by atoms with van der Waals surface area (Å²) in [6.45, 7) is 2.77. The highest BCUT2D eigenvalue weighted by Crippen LogP contribution is 2.38. The Morgan fingerprint density at radius 3 is 2.95 bits per heavy atom. The van der Waals surface area contributed by atoms with Crippen molar-refractivity contribution < 1.29 is 4.74 Å². The molecule has 22 heavy (non-hydrogen) atoms. The van der Waals surface area contributed by atoms with Crippen molar-refractivity contribution in [3.8, 4) is 0 Å². The standard InChI is InChI=1S/C15H20N6O/c1-9-6-13(20-14(19-9)10-2-3-10)16-7-11-4-5-12(22-11)15-17-8-18-21-15/h6,8,10-12H,2-5,7H2,1H3,(H,16,19,20)(H,17,18,21)/t11-,12+/m1/s1. The molecule has 0 amide bonds. The molecule has 0 radical (unpaired) electrons. The van der Waals surface area contributed by atoms with Crippen LogP contribution < -0.4 is 5.32 Å². The van der Waals surface area contributed by atoms with E-state index in [1.807, 2.05) is 13.0 Å². The topological polar surface area (TPSA) is 88.6 Å². The third-order valence-electron chi connectivity index (χ3n) is 4.17. The zero-order valence-corrected chi connectivity index (χ0v) is 12.6. The molecule has 1 saturated heterocycles. The van der Waals surface area contributed by atoms with Gasteiger partial charge in [0.25, 0.3) is 0 Å². The van der Waals surface area contributed by atoms with Crippen molar-refractivity contribution in [2.75, 3.05) is 11.9 Å². The number of nitrogens with zero attached hydrogens (tertiary/aromatic N) is 4. The molecule has 0 aromatic carbocycles. The SMILES string of the molecule is Cc1cc(NC[C@H]2CC[C@@H](c3ncn[nH]3)O2)nc(C2CC2)n1. The van der Waals surface area contributed by atoms with E-state index in [4.69, 9.17) is 4.74 Å². The average Bonchev–Trinajstić information content (AvgIpc) is 3.02. The first-order valence-electron chi connectivity index (χ1n) is 7.88. The van der Waals surface area contributed by atoms with Gasteiger partial charge in [-0.2, -0.15) is 5.10 Å². The molecule has 2 aromatic rings. The van der Waals surface area contributed by atoms with Crippen LogP contribution in [0.3, 0.4) is 0 Å². The van der Waals surface area contributed by atoms with Crippen LogP contribution in [0, 0.1) is 6.92 Å². The van der Waals surface area contributed by atoms with E-state index in [-0.39, 0.29) is 12.2 Å². The third kappa shape index (κ3) is 2.94. The zero-order chi connectivity index (χ0) is 14.9. The molecule has 2 aliphatic rings. The van der Waals surface area contributed by atoms with Gasteiger partial charge in [0.2, 0.25) is 0 Å². The molecule has 1 saturated carbocycles. The van der Waals surface area contributed by atoms with Gasteiger partial charge in [-0.05, 0) is 32.6 Å². The summed E-state index contributed by atoms with van der Waals surface area (Å²) >= 11 is 0. The summed E-state index contributed by atoms with van der Waals surface area (Å²) in [6.07, 6.45) is 6.14. The molecule has 1 aliphatic heterocycles. The van der Waals surface area contributed by atoms with Crippen LogP contribution in [0.1, 0.15) is 55.0 Å². The van der Waals surface area contributed by atoms with E-state index in [2.05, 4.69) is 30.5 Å². The molecule has 2 N–H and O–H groups in total. The van der Waals surface area contributed by atoms with Gasteiger partial charge in [0, 0.05) is 24.2 Å². The molecule has 0 bridgehead atoms. The van der Waals surface area contributed by atoms with E-state index in [1.165, 1.54) is 19.2 Å². The van der Waals surface area contributed by atoms with Gasteiger partial charge in [0.1, 0.15) is 24.1 Å². The molecule has 2 fully saturated rings. The second kappa shape index (κ2) is 5.64. The normalized spacial score (nSPS) is 24.6. The number of rotatable bonds is 5. The monoisotopic (exact) mass is 300 g/mol. The number of ether oxygens (including phenoxy) is 1. The van der Waals surface area contributed by atoms with Crippen molar-refractivity contribution in [1.29, 1.82) is 0 Å². The Hall–Kier alpha value is -2.02. The molecule has 2 aromatic heterocycles. The minimum absolute atomic E-state index is 0.0310. The Kier molecular flexibility index (Phi) is 3.49. The van der Waals surface area contributed by atoms with E-state index >= 15 is 0 Å². The van der Waals surface area contributed by atoms with Crippen molar-refractivity contribution in [3.63, 3.8) is 0 Å². The third-order valence-corrected chi connectivity index (χ3v) is 4.17. The van der Waals surface area contributed by atoms with Crippen molar-refractivity contribution in [1.82, 2.24) is 25.1 Å². The molecular formula is C15H20N6O. The summed E-state index contributed by atoms with van der Waals surface area (Å²) in [4.78, 5) is 13.3. The summed E-state index contributed by atoms with van der Waals surface area (Å²) in [6, 6.07) is 1.99. The van der Waals surface area contributed by atoms with Crippen molar-refractivity contribution in [2.24, 2.45) is 0 Å². The lowest BCUT2D eigenvalue weighted by atomic mass is 10.2. The molecule has 116 valence electrons.